The Morgan fingerprint density at radius 1 is 1.35 bits per heavy atom. The maximum Gasteiger partial charge on any atom is 0.124 e. The Kier molecular flexibility index (Phi) is 5.28. The zero-order valence-corrected chi connectivity index (χ0v) is 13.1. The Labute approximate surface area is 126 Å². The van der Waals surface area contributed by atoms with Gasteiger partial charge in [0.15, 0.2) is 0 Å². The van der Waals surface area contributed by atoms with Crippen molar-refractivity contribution in [1.82, 2.24) is 14.8 Å². The molecule has 1 saturated heterocycles. The quantitative estimate of drug-likeness (QED) is 0.793. The summed E-state index contributed by atoms with van der Waals surface area (Å²) >= 11 is 5.09. The normalized spacial score (nSPS) is 16.6. The van der Waals surface area contributed by atoms with Gasteiger partial charge in [-0.15, -0.1) is 0 Å². The van der Waals surface area contributed by atoms with E-state index >= 15 is 0 Å². The molecule has 0 radical (unpaired) electrons. The molecule has 0 bridgehead atoms. The molecule has 0 saturated carbocycles. The summed E-state index contributed by atoms with van der Waals surface area (Å²) in [4.78, 5) is 11.7. The molecule has 5 nitrogen and oxygen atoms in total. The lowest BCUT2D eigenvalue weighted by atomic mass is 10.2. The van der Waals surface area contributed by atoms with Crippen LogP contribution in [0.2, 0.25) is 0 Å². The van der Waals surface area contributed by atoms with Crippen molar-refractivity contribution in [3.8, 4) is 0 Å². The number of aromatic nitrogens is 1. The minimum atomic E-state index is 0.371. The standard InChI is InChI=1S/C14H23N5S/c1-17(2)6-7-18-8-10-19(11-9-18)12-4-3-5-16-13(12)14(15)20/h3-5H,6-11H2,1-2H3,(H2,15,20). The summed E-state index contributed by atoms with van der Waals surface area (Å²) in [7, 11) is 4.22. The molecule has 110 valence electrons. The van der Waals surface area contributed by atoms with E-state index in [9.17, 15) is 0 Å². The summed E-state index contributed by atoms with van der Waals surface area (Å²) < 4.78 is 0. The van der Waals surface area contributed by atoms with E-state index in [-0.39, 0.29) is 0 Å². The Hall–Kier alpha value is -1.24. The van der Waals surface area contributed by atoms with Crippen LogP contribution in [-0.4, -0.2) is 73.1 Å². The Bertz CT molecular complexity index is 455. The fraction of sp³-hybridized carbons (Fsp3) is 0.571. The molecule has 1 aromatic heterocycles. The first-order valence-corrected chi connectivity index (χ1v) is 7.35. The second-order valence-electron chi connectivity index (χ2n) is 5.37. The van der Waals surface area contributed by atoms with Crippen molar-refractivity contribution in [2.75, 3.05) is 58.3 Å². The summed E-state index contributed by atoms with van der Waals surface area (Å²) in [6.45, 7) is 6.35. The van der Waals surface area contributed by atoms with E-state index in [4.69, 9.17) is 18.0 Å². The van der Waals surface area contributed by atoms with Gasteiger partial charge in [-0.1, -0.05) is 12.2 Å². The number of hydrogen-bond donors (Lipinski definition) is 1. The highest BCUT2D eigenvalue weighted by atomic mass is 32.1. The minimum Gasteiger partial charge on any atom is -0.388 e. The van der Waals surface area contributed by atoms with Crippen LogP contribution in [0.3, 0.4) is 0 Å². The molecule has 20 heavy (non-hydrogen) atoms. The smallest absolute Gasteiger partial charge is 0.124 e. The van der Waals surface area contributed by atoms with Crippen molar-refractivity contribution in [2.45, 2.75) is 0 Å². The summed E-state index contributed by atoms with van der Waals surface area (Å²) in [6, 6.07) is 3.99. The molecule has 0 unspecified atom stereocenters. The van der Waals surface area contributed by atoms with Crippen LogP contribution in [0, 0.1) is 0 Å². The fourth-order valence-electron chi connectivity index (χ4n) is 2.40. The van der Waals surface area contributed by atoms with Gasteiger partial charge >= 0.3 is 0 Å². The zero-order chi connectivity index (χ0) is 14.5. The van der Waals surface area contributed by atoms with Gasteiger partial charge in [-0.2, -0.15) is 0 Å². The van der Waals surface area contributed by atoms with Crippen LogP contribution in [0.1, 0.15) is 5.69 Å². The second kappa shape index (κ2) is 6.97. The van der Waals surface area contributed by atoms with Crippen molar-refractivity contribution >= 4 is 22.9 Å². The zero-order valence-electron chi connectivity index (χ0n) is 12.2. The number of rotatable bonds is 5. The molecule has 2 heterocycles. The second-order valence-corrected chi connectivity index (χ2v) is 5.81. The summed E-state index contributed by atoms with van der Waals surface area (Å²) in [5.74, 6) is 0. The van der Waals surface area contributed by atoms with E-state index in [1.165, 1.54) is 0 Å². The number of nitrogens with two attached hydrogens (primary N) is 1. The summed E-state index contributed by atoms with van der Waals surface area (Å²) in [6.07, 6.45) is 1.74. The Morgan fingerprint density at radius 3 is 2.65 bits per heavy atom. The molecule has 0 spiro atoms. The minimum absolute atomic E-state index is 0.371. The van der Waals surface area contributed by atoms with Crippen LogP contribution in [0.4, 0.5) is 5.69 Å². The number of piperazine rings is 1. The lowest BCUT2D eigenvalue weighted by molar-refractivity contribution is 0.229. The molecule has 0 aromatic carbocycles. The van der Waals surface area contributed by atoms with Gasteiger partial charge in [0.1, 0.15) is 10.7 Å². The molecule has 2 N–H and O–H groups in total. The van der Waals surface area contributed by atoms with E-state index < -0.39 is 0 Å². The van der Waals surface area contributed by atoms with Crippen molar-refractivity contribution in [1.29, 1.82) is 0 Å². The van der Waals surface area contributed by atoms with Crippen molar-refractivity contribution in [2.24, 2.45) is 5.73 Å². The average Bonchev–Trinajstić information content (AvgIpc) is 2.45. The molecular weight excluding hydrogens is 270 g/mol. The van der Waals surface area contributed by atoms with Gasteiger partial charge in [0.2, 0.25) is 0 Å². The third-order valence-electron chi connectivity index (χ3n) is 3.60. The number of thiocarbonyl (C=S) groups is 1. The molecule has 2 rings (SSSR count). The number of hydrogen-bond acceptors (Lipinski definition) is 5. The number of nitrogens with zero attached hydrogens (tertiary/aromatic N) is 4. The highest BCUT2D eigenvalue weighted by molar-refractivity contribution is 7.80. The third-order valence-corrected chi connectivity index (χ3v) is 3.79. The third kappa shape index (κ3) is 3.88. The molecule has 1 aliphatic heterocycles. The first-order chi connectivity index (χ1) is 9.58. The highest BCUT2D eigenvalue weighted by Gasteiger charge is 2.20. The molecule has 0 aliphatic carbocycles. The van der Waals surface area contributed by atoms with Gasteiger partial charge < -0.3 is 15.5 Å². The number of pyridine rings is 1. The molecular formula is C14H23N5S. The lowest BCUT2D eigenvalue weighted by Crippen LogP contribution is -2.48. The molecule has 1 aliphatic rings. The van der Waals surface area contributed by atoms with Gasteiger partial charge in [-0.05, 0) is 26.2 Å². The van der Waals surface area contributed by atoms with E-state index in [2.05, 4.69) is 39.8 Å². The highest BCUT2D eigenvalue weighted by Crippen LogP contribution is 2.19. The van der Waals surface area contributed by atoms with Crippen molar-refractivity contribution in [3.63, 3.8) is 0 Å². The first-order valence-electron chi connectivity index (χ1n) is 6.95. The van der Waals surface area contributed by atoms with Gasteiger partial charge in [-0.25, -0.2) is 0 Å². The van der Waals surface area contributed by atoms with Crippen LogP contribution >= 0.6 is 12.2 Å². The average molecular weight is 293 g/mol. The topological polar surface area (TPSA) is 48.6 Å². The predicted molar refractivity (Wildman–Crippen MR) is 87.3 cm³/mol. The van der Waals surface area contributed by atoms with Gasteiger partial charge in [0.05, 0.1) is 5.69 Å². The number of likely N-dealkylation sites (N-methyl/N-ethyl adjacent to an activating group) is 1. The monoisotopic (exact) mass is 293 g/mol. The number of anilines is 1. The van der Waals surface area contributed by atoms with Gasteiger partial charge in [0, 0.05) is 45.5 Å². The van der Waals surface area contributed by atoms with Crippen molar-refractivity contribution < 1.29 is 0 Å². The Balaban J connectivity index is 1.95. The maximum atomic E-state index is 5.76. The van der Waals surface area contributed by atoms with E-state index in [0.29, 0.717) is 4.99 Å². The van der Waals surface area contributed by atoms with Crippen LogP contribution in [-0.2, 0) is 0 Å². The summed E-state index contributed by atoms with van der Waals surface area (Å²) in [5, 5.41) is 0. The Morgan fingerprint density at radius 2 is 2.05 bits per heavy atom. The first kappa shape index (κ1) is 15.2. The molecule has 1 fully saturated rings. The lowest BCUT2D eigenvalue weighted by Gasteiger charge is -2.37. The predicted octanol–water partition coefficient (Wildman–Crippen LogP) is 0.399. The SMILES string of the molecule is CN(C)CCN1CCN(c2cccnc2C(N)=S)CC1. The van der Waals surface area contributed by atoms with E-state index in [0.717, 1.165) is 50.6 Å². The maximum absolute atomic E-state index is 5.76. The molecule has 0 amide bonds. The largest absolute Gasteiger partial charge is 0.388 e. The van der Waals surface area contributed by atoms with Crippen LogP contribution in [0.5, 0.6) is 0 Å². The van der Waals surface area contributed by atoms with Crippen LogP contribution in [0.25, 0.3) is 0 Å². The van der Waals surface area contributed by atoms with E-state index in [1.54, 1.807) is 6.20 Å². The summed E-state index contributed by atoms with van der Waals surface area (Å²) in [5.41, 5.74) is 7.56. The van der Waals surface area contributed by atoms with E-state index in [1.807, 2.05) is 6.07 Å². The van der Waals surface area contributed by atoms with Crippen molar-refractivity contribution in [3.05, 3.63) is 24.0 Å². The van der Waals surface area contributed by atoms with Gasteiger partial charge in [-0.3, -0.25) is 9.88 Å². The molecule has 0 atom stereocenters. The molecule has 1 aromatic rings. The molecule has 6 heteroatoms. The van der Waals surface area contributed by atoms with Gasteiger partial charge in [0.25, 0.3) is 0 Å². The van der Waals surface area contributed by atoms with Crippen LogP contribution < -0.4 is 10.6 Å². The fourth-order valence-corrected chi connectivity index (χ4v) is 2.55. The van der Waals surface area contributed by atoms with Crippen LogP contribution in [0.15, 0.2) is 18.3 Å².